The first kappa shape index (κ1) is 19.1. The van der Waals surface area contributed by atoms with E-state index in [1.54, 1.807) is 0 Å². The number of hydrogen-bond acceptors (Lipinski definition) is 5. The van der Waals surface area contributed by atoms with Crippen LogP contribution in [0.4, 0.5) is 5.69 Å². The van der Waals surface area contributed by atoms with Crippen LogP contribution >= 0.6 is 22.6 Å². The van der Waals surface area contributed by atoms with Gasteiger partial charge in [0.1, 0.15) is 0 Å². The Labute approximate surface area is 156 Å². The molecule has 0 aliphatic carbocycles. The average molecular weight is 442 g/mol. The van der Waals surface area contributed by atoms with Gasteiger partial charge in [0.15, 0.2) is 0 Å². The highest BCUT2D eigenvalue weighted by Gasteiger charge is 2.15. The van der Waals surface area contributed by atoms with E-state index in [2.05, 4.69) is 38.9 Å². The second kappa shape index (κ2) is 10.6. The van der Waals surface area contributed by atoms with E-state index in [-0.39, 0.29) is 5.91 Å². The normalized spacial score (nSPS) is 15.2. The summed E-state index contributed by atoms with van der Waals surface area (Å²) in [5.74, 6) is -0.0453. The number of morpholine rings is 1. The second-order valence-electron chi connectivity index (χ2n) is 5.69. The van der Waals surface area contributed by atoms with Gasteiger partial charge < -0.3 is 10.1 Å². The summed E-state index contributed by atoms with van der Waals surface area (Å²) < 4.78 is 6.48. The number of anilines is 1. The number of rotatable bonds is 8. The van der Waals surface area contributed by atoms with Gasteiger partial charge in [0.25, 0.3) is 0 Å². The maximum Gasteiger partial charge on any atom is 0.238 e. The molecule has 7 heteroatoms. The zero-order valence-electron chi connectivity index (χ0n) is 13.7. The molecule has 1 aliphatic heterocycles. The van der Waals surface area contributed by atoms with E-state index in [0.29, 0.717) is 19.5 Å². The maximum absolute atomic E-state index is 12.3. The lowest BCUT2D eigenvalue weighted by atomic mass is 10.3. The smallest absolute Gasteiger partial charge is 0.238 e. The lowest BCUT2D eigenvalue weighted by Gasteiger charge is -2.29. The number of hydrogen-bond donors (Lipinski definition) is 1. The number of benzene rings is 1. The minimum Gasteiger partial charge on any atom is -0.379 e. The van der Waals surface area contributed by atoms with Crippen molar-refractivity contribution in [1.29, 1.82) is 5.26 Å². The third-order valence-corrected chi connectivity index (χ3v) is 4.59. The van der Waals surface area contributed by atoms with Gasteiger partial charge in [-0.3, -0.25) is 14.6 Å². The summed E-state index contributed by atoms with van der Waals surface area (Å²) in [4.78, 5) is 16.6. The van der Waals surface area contributed by atoms with Crippen molar-refractivity contribution in [1.82, 2.24) is 9.80 Å². The molecule has 6 nitrogen and oxygen atoms in total. The van der Waals surface area contributed by atoms with E-state index in [0.717, 1.165) is 48.7 Å². The lowest BCUT2D eigenvalue weighted by Crippen LogP contribution is -2.43. The van der Waals surface area contributed by atoms with Crippen LogP contribution in [0.3, 0.4) is 0 Å². The highest BCUT2D eigenvalue weighted by molar-refractivity contribution is 14.1. The van der Waals surface area contributed by atoms with Crippen LogP contribution in [0.5, 0.6) is 0 Å². The maximum atomic E-state index is 12.3. The molecule has 0 bridgehead atoms. The Morgan fingerprint density at radius 2 is 2.00 bits per heavy atom. The number of carbonyl (C=O) groups excluding carboxylic acids is 1. The summed E-state index contributed by atoms with van der Waals surface area (Å²) in [5, 5.41) is 11.7. The fourth-order valence-electron chi connectivity index (χ4n) is 2.52. The number of ether oxygens (including phenoxy) is 1. The minimum atomic E-state index is -0.0453. The molecule has 2 rings (SSSR count). The summed E-state index contributed by atoms with van der Waals surface area (Å²) in [5.41, 5.74) is 0.800. The van der Waals surface area contributed by atoms with Gasteiger partial charge >= 0.3 is 0 Å². The topological polar surface area (TPSA) is 68.6 Å². The summed E-state index contributed by atoms with van der Waals surface area (Å²) in [6, 6.07) is 9.87. The van der Waals surface area contributed by atoms with Crippen LogP contribution in [-0.2, 0) is 9.53 Å². The van der Waals surface area contributed by atoms with E-state index < -0.39 is 0 Å². The Balaban J connectivity index is 1.81. The Hall–Kier alpha value is -1.21. The predicted octanol–water partition coefficient (Wildman–Crippen LogP) is 1.78. The second-order valence-corrected chi connectivity index (χ2v) is 6.94. The SMILES string of the molecule is N#CCCN(CCN1CCOCC1)CC(=O)Nc1ccc(I)cc1. The van der Waals surface area contributed by atoms with Crippen molar-refractivity contribution < 1.29 is 9.53 Å². The molecule has 0 unspecified atom stereocenters. The first-order valence-corrected chi connectivity index (χ1v) is 9.20. The van der Waals surface area contributed by atoms with Crippen LogP contribution in [0.25, 0.3) is 0 Å². The minimum absolute atomic E-state index is 0.0453. The number of carbonyl (C=O) groups is 1. The van der Waals surface area contributed by atoms with Crippen molar-refractivity contribution in [3.05, 3.63) is 27.8 Å². The summed E-state index contributed by atoms with van der Waals surface area (Å²) in [6.45, 7) is 5.99. The molecule has 1 heterocycles. The molecule has 24 heavy (non-hydrogen) atoms. The number of amides is 1. The van der Waals surface area contributed by atoms with Crippen molar-refractivity contribution in [2.24, 2.45) is 0 Å². The average Bonchev–Trinajstić information content (AvgIpc) is 2.60. The summed E-state index contributed by atoms with van der Waals surface area (Å²) in [6.07, 6.45) is 0.430. The third-order valence-electron chi connectivity index (χ3n) is 3.87. The molecule has 1 amide bonds. The molecule has 1 fully saturated rings. The Kier molecular flexibility index (Phi) is 8.45. The molecule has 0 radical (unpaired) electrons. The van der Waals surface area contributed by atoms with Crippen molar-refractivity contribution in [3.63, 3.8) is 0 Å². The van der Waals surface area contributed by atoms with Crippen LogP contribution in [0, 0.1) is 14.9 Å². The number of nitrogens with one attached hydrogen (secondary N) is 1. The lowest BCUT2D eigenvalue weighted by molar-refractivity contribution is -0.117. The Morgan fingerprint density at radius 1 is 1.29 bits per heavy atom. The molecule has 1 aromatic rings. The quantitative estimate of drug-likeness (QED) is 0.622. The molecular weight excluding hydrogens is 419 g/mol. The van der Waals surface area contributed by atoms with Gasteiger partial charge in [0, 0.05) is 48.4 Å². The van der Waals surface area contributed by atoms with Crippen LogP contribution in [0.1, 0.15) is 6.42 Å². The van der Waals surface area contributed by atoms with Gasteiger partial charge in [-0.25, -0.2) is 0 Å². The molecule has 0 atom stereocenters. The van der Waals surface area contributed by atoms with E-state index in [9.17, 15) is 4.79 Å². The van der Waals surface area contributed by atoms with Crippen LogP contribution in [0.15, 0.2) is 24.3 Å². The fraction of sp³-hybridized carbons (Fsp3) is 0.529. The zero-order chi connectivity index (χ0) is 17.2. The number of nitrogens with zero attached hydrogens (tertiary/aromatic N) is 3. The molecule has 1 aromatic carbocycles. The van der Waals surface area contributed by atoms with Crippen molar-refractivity contribution >= 4 is 34.2 Å². The van der Waals surface area contributed by atoms with Crippen molar-refractivity contribution in [2.45, 2.75) is 6.42 Å². The molecule has 0 saturated carbocycles. The van der Waals surface area contributed by atoms with Crippen molar-refractivity contribution in [3.8, 4) is 6.07 Å². The first-order chi connectivity index (χ1) is 11.7. The molecule has 1 saturated heterocycles. The Bertz CT molecular complexity index is 553. The zero-order valence-corrected chi connectivity index (χ0v) is 15.9. The molecule has 0 aromatic heterocycles. The van der Waals surface area contributed by atoms with Crippen molar-refractivity contribution in [2.75, 3.05) is 57.8 Å². The third kappa shape index (κ3) is 7.13. The van der Waals surface area contributed by atoms with Gasteiger partial charge in [0.2, 0.25) is 5.91 Å². The summed E-state index contributed by atoms with van der Waals surface area (Å²) in [7, 11) is 0. The van der Waals surface area contributed by atoms with Gasteiger partial charge in [-0.1, -0.05) is 0 Å². The number of nitriles is 1. The van der Waals surface area contributed by atoms with E-state index in [1.807, 2.05) is 29.2 Å². The number of halogens is 1. The van der Waals surface area contributed by atoms with Crippen LogP contribution < -0.4 is 5.32 Å². The van der Waals surface area contributed by atoms with E-state index in [1.165, 1.54) is 0 Å². The van der Waals surface area contributed by atoms with Crippen LogP contribution in [-0.4, -0.2) is 68.2 Å². The van der Waals surface area contributed by atoms with Gasteiger partial charge in [-0.15, -0.1) is 0 Å². The first-order valence-electron chi connectivity index (χ1n) is 8.12. The van der Waals surface area contributed by atoms with Crippen LogP contribution in [0.2, 0.25) is 0 Å². The highest BCUT2D eigenvalue weighted by atomic mass is 127. The van der Waals surface area contributed by atoms with E-state index >= 15 is 0 Å². The fourth-order valence-corrected chi connectivity index (χ4v) is 2.88. The largest absolute Gasteiger partial charge is 0.379 e. The monoisotopic (exact) mass is 442 g/mol. The molecule has 0 spiro atoms. The highest BCUT2D eigenvalue weighted by Crippen LogP contribution is 2.11. The Morgan fingerprint density at radius 3 is 2.67 bits per heavy atom. The molecular formula is C17H23IN4O2. The summed E-state index contributed by atoms with van der Waals surface area (Å²) >= 11 is 2.23. The molecule has 1 N–H and O–H groups in total. The standard InChI is InChI=1S/C17H23IN4O2/c18-15-2-4-16(5-3-15)20-17(23)14-22(7-1-6-19)9-8-21-10-12-24-13-11-21/h2-5H,1,7-14H2,(H,20,23). The van der Waals surface area contributed by atoms with E-state index in [4.69, 9.17) is 10.00 Å². The van der Waals surface area contributed by atoms with Gasteiger partial charge in [-0.2, -0.15) is 5.26 Å². The van der Waals surface area contributed by atoms with Gasteiger partial charge in [-0.05, 0) is 46.9 Å². The van der Waals surface area contributed by atoms with Gasteiger partial charge in [0.05, 0.1) is 25.8 Å². The predicted molar refractivity (Wildman–Crippen MR) is 102 cm³/mol. The molecule has 130 valence electrons. The molecule has 1 aliphatic rings.